The third kappa shape index (κ3) is 6.91. The third-order valence-corrected chi connectivity index (χ3v) is 3.46. The van der Waals surface area contributed by atoms with Gasteiger partial charge in [0.15, 0.2) is 0 Å². The quantitative estimate of drug-likeness (QED) is 0.820. The average Bonchev–Trinajstić information content (AvgIpc) is 2.35. The van der Waals surface area contributed by atoms with Gasteiger partial charge in [-0.1, -0.05) is 27.7 Å². The van der Waals surface area contributed by atoms with Crippen molar-refractivity contribution in [2.45, 2.75) is 59.1 Å². The maximum Gasteiger partial charge on any atom is 0.239 e. The molecule has 0 radical (unpaired) electrons. The number of rotatable bonds is 6. The Balaban J connectivity index is 0.00000361. The first-order valence-corrected chi connectivity index (χ1v) is 7.56. The average molecular weight is 307 g/mol. The van der Waals surface area contributed by atoms with Crippen LogP contribution in [0.5, 0.6) is 0 Å². The summed E-state index contributed by atoms with van der Waals surface area (Å²) in [6.45, 7) is 10.9. The zero-order valence-electron chi connectivity index (χ0n) is 13.3. The molecular formula is C15H31ClN2O2. The summed E-state index contributed by atoms with van der Waals surface area (Å²) < 4.78 is 5.83. The van der Waals surface area contributed by atoms with E-state index in [0.717, 1.165) is 39.0 Å². The molecule has 1 aliphatic heterocycles. The third-order valence-electron chi connectivity index (χ3n) is 3.46. The van der Waals surface area contributed by atoms with Crippen LogP contribution in [0.2, 0.25) is 0 Å². The molecule has 1 rings (SSSR count). The van der Waals surface area contributed by atoms with Gasteiger partial charge in [-0.05, 0) is 31.1 Å². The van der Waals surface area contributed by atoms with Crippen LogP contribution < -0.4 is 5.73 Å². The van der Waals surface area contributed by atoms with Crippen molar-refractivity contribution in [3.8, 4) is 0 Å². The molecule has 0 spiro atoms. The van der Waals surface area contributed by atoms with Gasteiger partial charge in [0.05, 0.1) is 12.1 Å². The van der Waals surface area contributed by atoms with Crippen molar-refractivity contribution in [2.75, 3.05) is 19.7 Å². The lowest BCUT2D eigenvalue weighted by molar-refractivity contribution is -0.135. The highest BCUT2D eigenvalue weighted by atomic mass is 35.5. The largest absolute Gasteiger partial charge is 0.378 e. The normalized spacial score (nSPS) is 18.2. The molecule has 0 bridgehead atoms. The molecule has 0 saturated carbocycles. The fourth-order valence-electron chi connectivity index (χ4n) is 2.41. The van der Waals surface area contributed by atoms with Crippen molar-refractivity contribution in [3.05, 3.63) is 0 Å². The maximum absolute atomic E-state index is 12.2. The molecule has 0 aliphatic carbocycles. The van der Waals surface area contributed by atoms with Crippen molar-refractivity contribution in [1.29, 1.82) is 0 Å². The Morgan fingerprint density at radius 1 is 1.20 bits per heavy atom. The van der Waals surface area contributed by atoms with Gasteiger partial charge in [-0.25, -0.2) is 0 Å². The summed E-state index contributed by atoms with van der Waals surface area (Å²) in [6, 6.07) is -0.340. The van der Waals surface area contributed by atoms with Crippen molar-refractivity contribution in [2.24, 2.45) is 17.6 Å². The minimum absolute atomic E-state index is 0. The Morgan fingerprint density at radius 2 is 1.75 bits per heavy atom. The van der Waals surface area contributed by atoms with Crippen LogP contribution in [0.4, 0.5) is 0 Å². The van der Waals surface area contributed by atoms with E-state index < -0.39 is 0 Å². The molecule has 120 valence electrons. The van der Waals surface area contributed by atoms with E-state index in [0.29, 0.717) is 17.9 Å². The van der Waals surface area contributed by atoms with Crippen LogP contribution in [-0.4, -0.2) is 42.6 Å². The van der Waals surface area contributed by atoms with Crippen LogP contribution in [0, 0.1) is 11.8 Å². The number of hydrogen-bond donors (Lipinski definition) is 1. The molecule has 1 saturated heterocycles. The van der Waals surface area contributed by atoms with E-state index in [1.165, 1.54) is 0 Å². The molecule has 1 aliphatic rings. The SMILES string of the molecule is CC(C)COC1CCN(C(=O)[C@@H](N)CC(C)C)CC1.Cl. The second-order valence-corrected chi connectivity index (χ2v) is 6.49. The molecule has 0 unspecified atom stereocenters. The lowest BCUT2D eigenvalue weighted by Crippen LogP contribution is -2.48. The van der Waals surface area contributed by atoms with E-state index in [9.17, 15) is 4.79 Å². The molecule has 1 atom stereocenters. The Kier molecular flexibility index (Phi) is 9.43. The number of likely N-dealkylation sites (tertiary alicyclic amines) is 1. The lowest BCUT2D eigenvalue weighted by atomic mass is 10.0. The fourth-order valence-corrected chi connectivity index (χ4v) is 2.41. The van der Waals surface area contributed by atoms with Gasteiger partial charge in [0, 0.05) is 19.7 Å². The van der Waals surface area contributed by atoms with Gasteiger partial charge < -0.3 is 15.4 Å². The molecule has 0 aromatic heterocycles. The van der Waals surface area contributed by atoms with Gasteiger partial charge in [-0.3, -0.25) is 4.79 Å². The number of hydrogen-bond acceptors (Lipinski definition) is 3. The first-order chi connectivity index (χ1) is 8.90. The first-order valence-electron chi connectivity index (χ1n) is 7.56. The predicted octanol–water partition coefficient (Wildman–Crippen LogP) is 2.45. The van der Waals surface area contributed by atoms with E-state index in [2.05, 4.69) is 27.7 Å². The van der Waals surface area contributed by atoms with Gasteiger partial charge in [-0.15, -0.1) is 12.4 Å². The number of carbonyl (C=O) groups excluding carboxylic acids is 1. The van der Waals surface area contributed by atoms with Gasteiger partial charge in [0.25, 0.3) is 0 Å². The van der Waals surface area contributed by atoms with E-state index in [4.69, 9.17) is 10.5 Å². The van der Waals surface area contributed by atoms with Crippen LogP contribution in [0.1, 0.15) is 47.0 Å². The Bertz CT molecular complexity index is 277. The minimum atomic E-state index is -0.340. The number of nitrogens with two attached hydrogens (primary N) is 1. The Hall–Kier alpha value is -0.320. The summed E-state index contributed by atoms with van der Waals surface area (Å²) >= 11 is 0. The Labute approximate surface area is 129 Å². The number of ether oxygens (including phenoxy) is 1. The first kappa shape index (κ1) is 19.7. The van der Waals surface area contributed by atoms with Gasteiger partial charge in [-0.2, -0.15) is 0 Å². The smallest absolute Gasteiger partial charge is 0.239 e. The summed E-state index contributed by atoms with van der Waals surface area (Å²) in [5, 5.41) is 0. The summed E-state index contributed by atoms with van der Waals surface area (Å²) in [7, 11) is 0. The van der Waals surface area contributed by atoms with Crippen molar-refractivity contribution < 1.29 is 9.53 Å². The summed E-state index contributed by atoms with van der Waals surface area (Å²) in [5.41, 5.74) is 5.96. The second kappa shape index (κ2) is 9.59. The highest BCUT2D eigenvalue weighted by molar-refractivity contribution is 5.85. The summed E-state index contributed by atoms with van der Waals surface area (Å²) in [5.74, 6) is 1.14. The number of carbonyl (C=O) groups is 1. The molecule has 20 heavy (non-hydrogen) atoms. The van der Waals surface area contributed by atoms with Crippen molar-refractivity contribution >= 4 is 18.3 Å². The maximum atomic E-state index is 12.2. The molecular weight excluding hydrogens is 276 g/mol. The zero-order valence-corrected chi connectivity index (χ0v) is 14.1. The number of piperidine rings is 1. The number of amides is 1. The molecule has 5 heteroatoms. The van der Waals surface area contributed by atoms with E-state index in [1.807, 2.05) is 4.90 Å². The standard InChI is InChI=1S/C15H30N2O2.ClH/c1-11(2)9-14(16)15(18)17-7-5-13(6-8-17)19-10-12(3)4;/h11-14H,5-10,16H2,1-4H3;1H/t14-;/m0./s1. The van der Waals surface area contributed by atoms with Gasteiger partial charge >= 0.3 is 0 Å². The fraction of sp³-hybridized carbons (Fsp3) is 0.933. The highest BCUT2D eigenvalue weighted by Gasteiger charge is 2.26. The molecule has 1 amide bonds. The summed E-state index contributed by atoms with van der Waals surface area (Å²) in [4.78, 5) is 14.1. The number of nitrogens with zero attached hydrogens (tertiary/aromatic N) is 1. The molecule has 0 aromatic carbocycles. The zero-order chi connectivity index (χ0) is 14.4. The Morgan fingerprint density at radius 3 is 2.20 bits per heavy atom. The molecule has 1 fully saturated rings. The van der Waals surface area contributed by atoms with E-state index in [1.54, 1.807) is 0 Å². The van der Waals surface area contributed by atoms with Crippen LogP contribution in [-0.2, 0) is 9.53 Å². The highest BCUT2D eigenvalue weighted by Crippen LogP contribution is 2.16. The van der Waals surface area contributed by atoms with Crippen LogP contribution in [0.15, 0.2) is 0 Å². The topological polar surface area (TPSA) is 55.6 Å². The minimum Gasteiger partial charge on any atom is -0.378 e. The monoisotopic (exact) mass is 306 g/mol. The van der Waals surface area contributed by atoms with E-state index in [-0.39, 0.29) is 24.4 Å². The van der Waals surface area contributed by atoms with E-state index >= 15 is 0 Å². The second-order valence-electron chi connectivity index (χ2n) is 6.49. The predicted molar refractivity (Wildman–Crippen MR) is 85.1 cm³/mol. The van der Waals surface area contributed by atoms with Crippen LogP contribution >= 0.6 is 12.4 Å². The van der Waals surface area contributed by atoms with Crippen molar-refractivity contribution in [3.63, 3.8) is 0 Å². The molecule has 4 nitrogen and oxygen atoms in total. The van der Waals surface area contributed by atoms with Gasteiger partial charge in [0.2, 0.25) is 5.91 Å². The molecule has 1 heterocycles. The van der Waals surface area contributed by atoms with Gasteiger partial charge in [0.1, 0.15) is 0 Å². The molecule has 2 N–H and O–H groups in total. The number of halogens is 1. The molecule has 0 aromatic rings. The lowest BCUT2D eigenvalue weighted by Gasteiger charge is -2.34. The van der Waals surface area contributed by atoms with Crippen molar-refractivity contribution in [1.82, 2.24) is 4.90 Å². The van der Waals surface area contributed by atoms with Crippen LogP contribution in [0.3, 0.4) is 0 Å². The summed E-state index contributed by atoms with van der Waals surface area (Å²) in [6.07, 6.45) is 2.95. The van der Waals surface area contributed by atoms with Crippen LogP contribution in [0.25, 0.3) is 0 Å².